The molecular weight excluding hydrogens is 340 g/mol. The summed E-state index contributed by atoms with van der Waals surface area (Å²) < 4.78 is 0. The summed E-state index contributed by atoms with van der Waals surface area (Å²) in [6.07, 6.45) is 4.62. The van der Waals surface area contributed by atoms with Crippen LogP contribution >= 0.6 is 0 Å². The Kier molecular flexibility index (Phi) is 6.33. The first-order valence-electron chi connectivity index (χ1n) is 10.2. The van der Waals surface area contributed by atoms with Crippen molar-refractivity contribution < 1.29 is 0 Å². The number of hydrogen-bond acceptors (Lipinski definition) is 2. The van der Waals surface area contributed by atoms with Crippen LogP contribution in [0.5, 0.6) is 0 Å². The fourth-order valence-electron chi connectivity index (χ4n) is 3.90. The molecule has 1 aliphatic rings. The molecule has 1 heterocycles. The highest BCUT2D eigenvalue weighted by molar-refractivity contribution is 5.50. The number of benzene rings is 3. The van der Waals surface area contributed by atoms with Crippen LogP contribution in [0.25, 0.3) is 6.08 Å². The third-order valence-electron chi connectivity index (χ3n) is 5.46. The Hall–Kier alpha value is -2.68. The van der Waals surface area contributed by atoms with Gasteiger partial charge in [-0.1, -0.05) is 103 Å². The van der Waals surface area contributed by atoms with Gasteiger partial charge in [-0.15, -0.1) is 0 Å². The zero-order chi connectivity index (χ0) is 19.0. The number of rotatable bonds is 6. The van der Waals surface area contributed by atoms with Crippen LogP contribution in [0.15, 0.2) is 97.1 Å². The van der Waals surface area contributed by atoms with Crippen molar-refractivity contribution in [1.82, 2.24) is 9.80 Å². The van der Waals surface area contributed by atoms with Crippen molar-refractivity contribution in [3.05, 3.63) is 114 Å². The zero-order valence-electron chi connectivity index (χ0n) is 16.3. The van der Waals surface area contributed by atoms with Crippen LogP contribution in [0.2, 0.25) is 0 Å². The van der Waals surface area contributed by atoms with Gasteiger partial charge in [0.25, 0.3) is 0 Å². The van der Waals surface area contributed by atoms with Crippen LogP contribution in [0.4, 0.5) is 0 Å². The van der Waals surface area contributed by atoms with Gasteiger partial charge in [-0.05, 0) is 16.7 Å². The highest BCUT2D eigenvalue weighted by Crippen LogP contribution is 2.25. The van der Waals surface area contributed by atoms with E-state index in [9.17, 15) is 0 Å². The standard InChI is InChI=1S/C26H28N2/c1-4-10-23(11-5-1)16-17-26(25-14-8-3-9-15-25)28-20-18-27(19-21-28)22-24-12-6-2-7-13-24/h1-17,26H,18-22H2/t26-/m0/s1. The minimum atomic E-state index is 0.320. The lowest BCUT2D eigenvalue weighted by atomic mass is 10.0. The summed E-state index contributed by atoms with van der Waals surface area (Å²) >= 11 is 0. The van der Waals surface area contributed by atoms with E-state index in [-0.39, 0.29) is 0 Å². The third kappa shape index (κ3) is 4.98. The first-order chi connectivity index (χ1) is 13.9. The molecule has 0 spiro atoms. The average molecular weight is 369 g/mol. The minimum Gasteiger partial charge on any atom is -0.297 e. The Morgan fingerprint density at radius 1 is 0.679 bits per heavy atom. The second-order valence-electron chi connectivity index (χ2n) is 7.42. The van der Waals surface area contributed by atoms with E-state index in [0.717, 1.165) is 32.7 Å². The van der Waals surface area contributed by atoms with Crippen molar-refractivity contribution in [3.8, 4) is 0 Å². The molecule has 1 saturated heterocycles. The molecule has 1 aliphatic heterocycles. The number of hydrogen-bond donors (Lipinski definition) is 0. The van der Waals surface area contributed by atoms with E-state index >= 15 is 0 Å². The lowest BCUT2D eigenvalue weighted by Gasteiger charge is -2.38. The maximum atomic E-state index is 2.61. The maximum absolute atomic E-state index is 2.61. The molecule has 142 valence electrons. The average Bonchev–Trinajstić information content (AvgIpc) is 2.77. The SMILES string of the molecule is C(=C[C@@H](c1ccccc1)N1CCN(Cc2ccccc2)CC1)c1ccccc1. The summed E-state index contributed by atoms with van der Waals surface area (Å²) in [6, 6.07) is 32.6. The van der Waals surface area contributed by atoms with Gasteiger partial charge < -0.3 is 0 Å². The second kappa shape index (κ2) is 9.50. The molecule has 1 fully saturated rings. The van der Waals surface area contributed by atoms with Crippen molar-refractivity contribution >= 4 is 6.08 Å². The van der Waals surface area contributed by atoms with Crippen molar-refractivity contribution in [3.63, 3.8) is 0 Å². The molecule has 2 heteroatoms. The minimum absolute atomic E-state index is 0.320. The maximum Gasteiger partial charge on any atom is 0.0535 e. The van der Waals surface area contributed by atoms with Gasteiger partial charge in [0.15, 0.2) is 0 Å². The molecular formula is C26H28N2. The van der Waals surface area contributed by atoms with Gasteiger partial charge in [0.1, 0.15) is 0 Å². The molecule has 1 atom stereocenters. The lowest BCUT2D eigenvalue weighted by Crippen LogP contribution is -2.46. The monoisotopic (exact) mass is 368 g/mol. The lowest BCUT2D eigenvalue weighted by molar-refractivity contribution is 0.107. The van der Waals surface area contributed by atoms with Crippen LogP contribution in [-0.4, -0.2) is 36.0 Å². The fourth-order valence-corrected chi connectivity index (χ4v) is 3.90. The van der Waals surface area contributed by atoms with E-state index in [1.165, 1.54) is 16.7 Å². The zero-order valence-corrected chi connectivity index (χ0v) is 16.3. The molecule has 3 aromatic carbocycles. The van der Waals surface area contributed by atoms with Crippen LogP contribution in [0.1, 0.15) is 22.7 Å². The Balaban J connectivity index is 1.44. The Bertz CT molecular complexity index is 851. The summed E-state index contributed by atoms with van der Waals surface area (Å²) in [4.78, 5) is 5.17. The summed E-state index contributed by atoms with van der Waals surface area (Å²) in [5.41, 5.74) is 4.02. The topological polar surface area (TPSA) is 6.48 Å². The first kappa shape index (κ1) is 18.7. The van der Waals surface area contributed by atoms with Crippen LogP contribution in [0.3, 0.4) is 0 Å². The number of nitrogens with zero attached hydrogens (tertiary/aromatic N) is 2. The van der Waals surface area contributed by atoms with Crippen molar-refractivity contribution in [2.75, 3.05) is 26.2 Å². The molecule has 0 amide bonds. The van der Waals surface area contributed by atoms with E-state index in [4.69, 9.17) is 0 Å². The van der Waals surface area contributed by atoms with E-state index < -0.39 is 0 Å². The van der Waals surface area contributed by atoms with E-state index in [2.05, 4.69) is 113 Å². The van der Waals surface area contributed by atoms with Crippen molar-refractivity contribution in [2.24, 2.45) is 0 Å². The highest BCUT2D eigenvalue weighted by atomic mass is 15.3. The van der Waals surface area contributed by atoms with Crippen molar-refractivity contribution in [1.29, 1.82) is 0 Å². The number of piperazine rings is 1. The molecule has 0 bridgehead atoms. The predicted molar refractivity (Wildman–Crippen MR) is 118 cm³/mol. The van der Waals surface area contributed by atoms with Gasteiger partial charge >= 0.3 is 0 Å². The summed E-state index contributed by atoms with van der Waals surface area (Å²) in [7, 11) is 0. The molecule has 2 nitrogen and oxygen atoms in total. The Morgan fingerprint density at radius 2 is 1.25 bits per heavy atom. The van der Waals surface area contributed by atoms with Gasteiger partial charge in [0.05, 0.1) is 6.04 Å². The molecule has 3 aromatic rings. The Labute approximate surface area is 168 Å². The molecule has 4 rings (SSSR count). The molecule has 0 saturated carbocycles. The molecule has 0 aromatic heterocycles. The normalized spacial score (nSPS) is 17.0. The summed E-state index contributed by atoms with van der Waals surface area (Å²) in [6.45, 7) is 5.44. The van der Waals surface area contributed by atoms with Gasteiger partial charge in [-0.25, -0.2) is 0 Å². The summed E-state index contributed by atoms with van der Waals surface area (Å²) in [5.74, 6) is 0. The molecule has 0 N–H and O–H groups in total. The Morgan fingerprint density at radius 3 is 1.89 bits per heavy atom. The second-order valence-corrected chi connectivity index (χ2v) is 7.42. The van der Waals surface area contributed by atoms with Crippen LogP contribution in [-0.2, 0) is 6.54 Å². The first-order valence-corrected chi connectivity index (χ1v) is 10.2. The smallest absolute Gasteiger partial charge is 0.0535 e. The fraction of sp³-hybridized carbons (Fsp3) is 0.231. The molecule has 0 aliphatic carbocycles. The van der Waals surface area contributed by atoms with E-state index in [1.54, 1.807) is 0 Å². The van der Waals surface area contributed by atoms with Gasteiger partial charge in [0.2, 0.25) is 0 Å². The van der Waals surface area contributed by atoms with E-state index in [0.29, 0.717) is 6.04 Å². The van der Waals surface area contributed by atoms with Crippen molar-refractivity contribution in [2.45, 2.75) is 12.6 Å². The van der Waals surface area contributed by atoms with E-state index in [1.807, 2.05) is 0 Å². The van der Waals surface area contributed by atoms with Gasteiger partial charge in [0, 0.05) is 32.7 Å². The third-order valence-corrected chi connectivity index (χ3v) is 5.46. The largest absolute Gasteiger partial charge is 0.297 e. The van der Waals surface area contributed by atoms with Gasteiger partial charge in [-0.3, -0.25) is 9.80 Å². The molecule has 0 radical (unpaired) electrons. The van der Waals surface area contributed by atoms with Crippen LogP contribution in [0, 0.1) is 0 Å². The van der Waals surface area contributed by atoms with Gasteiger partial charge in [-0.2, -0.15) is 0 Å². The quantitative estimate of drug-likeness (QED) is 0.586. The highest BCUT2D eigenvalue weighted by Gasteiger charge is 2.23. The van der Waals surface area contributed by atoms with Crippen LogP contribution < -0.4 is 0 Å². The molecule has 0 unspecified atom stereocenters. The summed E-state index contributed by atoms with van der Waals surface area (Å²) in [5, 5.41) is 0. The predicted octanol–water partition coefficient (Wildman–Crippen LogP) is 5.26. The molecule has 28 heavy (non-hydrogen) atoms.